The number of hydrogen-bond acceptors (Lipinski definition) is 2. The first-order valence-corrected chi connectivity index (χ1v) is 5.20. The molecule has 0 aromatic heterocycles. The summed E-state index contributed by atoms with van der Waals surface area (Å²) in [6.07, 6.45) is 1.20. The van der Waals surface area contributed by atoms with E-state index in [0.717, 1.165) is 0 Å². The van der Waals surface area contributed by atoms with Crippen molar-refractivity contribution in [3.63, 3.8) is 0 Å². The maximum absolute atomic E-state index is 10.8. The van der Waals surface area contributed by atoms with Crippen LogP contribution in [0.1, 0.15) is 10.8 Å². The average molecular weight is 198 g/mol. The van der Waals surface area contributed by atoms with Crippen molar-refractivity contribution in [3.05, 3.63) is 48.6 Å². The smallest absolute Gasteiger partial charge is 0.275 e. The van der Waals surface area contributed by atoms with Crippen LogP contribution in [0.3, 0.4) is 0 Å². The second-order valence-corrected chi connectivity index (χ2v) is 4.12. The van der Waals surface area contributed by atoms with Gasteiger partial charge in [-0.25, -0.2) is 0 Å². The van der Waals surface area contributed by atoms with Crippen molar-refractivity contribution in [2.24, 2.45) is 0 Å². The van der Waals surface area contributed by atoms with E-state index in [0.29, 0.717) is 5.56 Å². The second kappa shape index (κ2) is 3.72. The number of benzene rings is 1. The molecule has 0 spiro atoms. The minimum atomic E-state index is -4.09. The molecule has 0 fully saturated rings. The summed E-state index contributed by atoms with van der Waals surface area (Å²) in [6, 6.07) is 8.43. The minimum Gasteiger partial charge on any atom is -0.285 e. The highest BCUT2D eigenvalue weighted by Gasteiger charge is 2.20. The van der Waals surface area contributed by atoms with Gasteiger partial charge in [0.1, 0.15) is 5.25 Å². The lowest BCUT2D eigenvalue weighted by Crippen LogP contribution is -2.09. The van der Waals surface area contributed by atoms with Gasteiger partial charge in [-0.15, -0.1) is 6.58 Å². The van der Waals surface area contributed by atoms with Gasteiger partial charge in [0.15, 0.2) is 0 Å². The fourth-order valence-electron chi connectivity index (χ4n) is 1.07. The largest absolute Gasteiger partial charge is 0.285 e. The molecule has 0 saturated carbocycles. The monoisotopic (exact) mass is 198 g/mol. The van der Waals surface area contributed by atoms with Crippen LogP contribution >= 0.6 is 0 Å². The van der Waals surface area contributed by atoms with Gasteiger partial charge in [-0.2, -0.15) is 8.42 Å². The molecule has 3 nitrogen and oxygen atoms in total. The van der Waals surface area contributed by atoms with Gasteiger partial charge in [0.25, 0.3) is 10.1 Å². The van der Waals surface area contributed by atoms with E-state index in [1.165, 1.54) is 6.08 Å². The normalized spacial score (nSPS) is 13.6. The highest BCUT2D eigenvalue weighted by molar-refractivity contribution is 7.86. The molecule has 0 radical (unpaired) electrons. The van der Waals surface area contributed by atoms with Crippen molar-refractivity contribution in [2.75, 3.05) is 0 Å². The summed E-state index contributed by atoms with van der Waals surface area (Å²) in [5, 5.41) is -1.03. The van der Waals surface area contributed by atoms with E-state index in [1.54, 1.807) is 30.3 Å². The average Bonchev–Trinajstić information content (AvgIpc) is 2.05. The Morgan fingerprint density at radius 3 is 2.23 bits per heavy atom. The molecule has 70 valence electrons. The van der Waals surface area contributed by atoms with Gasteiger partial charge < -0.3 is 0 Å². The molecule has 1 aromatic carbocycles. The topological polar surface area (TPSA) is 54.4 Å². The predicted molar refractivity (Wildman–Crippen MR) is 50.9 cm³/mol. The summed E-state index contributed by atoms with van der Waals surface area (Å²) in [5.74, 6) is 0. The van der Waals surface area contributed by atoms with Gasteiger partial charge in [0.05, 0.1) is 0 Å². The summed E-state index contributed by atoms with van der Waals surface area (Å²) in [7, 11) is -4.09. The van der Waals surface area contributed by atoms with Gasteiger partial charge in [0, 0.05) is 0 Å². The van der Waals surface area contributed by atoms with E-state index < -0.39 is 15.4 Å². The summed E-state index contributed by atoms with van der Waals surface area (Å²) in [6.45, 7) is 3.36. The molecule has 0 unspecified atom stereocenters. The van der Waals surface area contributed by atoms with E-state index in [9.17, 15) is 8.42 Å². The maximum Gasteiger partial charge on any atom is 0.275 e. The van der Waals surface area contributed by atoms with Crippen molar-refractivity contribution in [1.82, 2.24) is 0 Å². The molecule has 0 heterocycles. The molecule has 0 aliphatic carbocycles. The first kappa shape index (κ1) is 9.95. The first-order chi connectivity index (χ1) is 6.05. The highest BCUT2D eigenvalue weighted by Crippen LogP contribution is 2.21. The molecule has 0 saturated heterocycles. The van der Waals surface area contributed by atoms with E-state index >= 15 is 0 Å². The van der Waals surface area contributed by atoms with Crippen LogP contribution in [0.15, 0.2) is 43.0 Å². The zero-order valence-corrected chi connectivity index (χ0v) is 7.74. The van der Waals surface area contributed by atoms with Crippen molar-refractivity contribution in [2.45, 2.75) is 5.25 Å². The zero-order chi connectivity index (χ0) is 9.90. The van der Waals surface area contributed by atoms with Gasteiger partial charge in [-0.3, -0.25) is 4.55 Å². The summed E-state index contributed by atoms with van der Waals surface area (Å²) < 4.78 is 30.5. The molecular weight excluding hydrogens is 188 g/mol. The quantitative estimate of drug-likeness (QED) is 0.595. The molecule has 0 bridgehead atoms. The van der Waals surface area contributed by atoms with Crippen LogP contribution in [-0.4, -0.2) is 13.0 Å². The third-order valence-electron chi connectivity index (χ3n) is 1.66. The Bertz CT molecular complexity index is 381. The van der Waals surface area contributed by atoms with Crippen LogP contribution < -0.4 is 0 Å². The Balaban J connectivity index is 3.13. The zero-order valence-electron chi connectivity index (χ0n) is 6.92. The summed E-state index contributed by atoms with van der Waals surface area (Å²) >= 11 is 0. The van der Waals surface area contributed by atoms with Gasteiger partial charge in [-0.05, 0) is 5.56 Å². The van der Waals surface area contributed by atoms with Crippen LogP contribution in [0.4, 0.5) is 0 Å². The Morgan fingerprint density at radius 1 is 1.31 bits per heavy atom. The molecule has 4 heteroatoms. The lowest BCUT2D eigenvalue weighted by molar-refractivity contribution is 0.476. The molecule has 1 atom stereocenters. The number of rotatable bonds is 3. The van der Waals surface area contributed by atoms with Crippen molar-refractivity contribution >= 4 is 10.1 Å². The van der Waals surface area contributed by atoms with Crippen molar-refractivity contribution < 1.29 is 13.0 Å². The van der Waals surface area contributed by atoms with E-state index in [2.05, 4.69) is 6.58 Å². The molecule has 1 N–H and O–H groups in total. The Labute approximate surface area is 77.5 Å². The van der Waals surface area contributed by atoms with Crippen LogP contribution in [0.25, 0.3) is 0 Å². The lowest BCUT2D eigenvalue weighted by atomic mass is 10.1. The lowest BCUT2D eigenvalue weighted by Gasteiger charge is -2.08. The molecule has 0 aliphatic heterocycles. The molecule has 13 heavy (non-hydrogen) atoms. The third-order valence-corrected chi connectivity index (χ3v) is 2.77. The van der Waals surface area contributed by atoms with Crippen LogP contribution in [0.2, 0.25) is 0 Å². The van der Waals surface area contributed by atoms with Crippen LogP contribution in [-0.2, 0) is 10.1 Å². The molecular formula is C9H10O3S. The summed E-state index contributed by atoms with van der Waals surface area (Å²) in [4.78, 5) is 0. The fourth-order valence-corrected chi connectivity index (χ4v) is 1.82. The minimum absolute atomic E-state index is 0.514. The second-order valence-electron chi connectivity index (χ2n) is 2.58. The van der Waals surface area contributed by atoms with Crippen LogP contribution in [0, 0.1) is 0 Å². The maximum atomic E-state index is 10.8. The van der Waals surface area contributed by atoms with Crippen molar-refractivity contribution in [1.29, 1.82) is 0 Å². The predicted octanol–water partition coefficient (Wildman–Crippen LogP) is 1.80. The summed E-state index contributed by atoms with van der Waals surface area (Å²) in [5.41, 5.74) is 0.514. The Morgan fingerprint density at radius 2 is 1.85 bits per heavy atom. The molecule has 0 amide bonds. The third kappa shape index (κ3) is 2.40. The molecule has 0 aliphatic rings. The van der Waals surface area contributed by atoms with E-state index in [-0.39, 0.29) is 0 Å². The molecule has 1 aromatic rings. The number of hydrogen-bond donors (Lipinski definition) is 1. The molecule has 1 rings (SSSR count). The SMILES string of the molecule is C=C[C@@H](c1ccccc1)S(=O)(=O)O. The van der Waals surface area contributed by atoms with E-state index in [1.807, 2.05) is 0 Å². The van der Waals surface area contributed by atoms with Gasteiger partial charge in [-0.1, -0.05) is 36.4 Å². The fraction of sp³-hybridized carbons (Fsp3) is 0.111. The van der Waals surface area contributed by atoms with Gasteiger partial charge >= 0.3 is 0 Å². The standard InChI is InChI=1S/C9H10O3S/c1-2-9(13(10,11)12)8-6-4-3-5-7-8/h2-7,9H,1H2,(H,10,11,12)/t9-/m0/s1. The first-order valence-electron chi connectivity index (χ1n) is 3.69. The van der Waals surface area contributed by atoms with Gasteiger partial charge in [0.2, 0.25) is 0 Å². The Kier molecular flexibility index (Phi) is 2.85. The van der Waals surface area contributed by atoms with Crippen molar-refractivity contribution in [3.8, 4) is 0 Å². The van der Waals surface area contributed by atoms with Crippen LogP contribution in [0.5, 0.6) is 0 Å². The highest BCUT2D eigenvalue weighted by atomic mass is 32.2. The Hall–Kier alpha value is -1.13. The van der Waals surface area contributed by atoms with E-state index in [4.69, 9.17) is 4.55 Å².